The van der Waals surface area contributed by atoms with Gasteiger partial charge in [-0.3, -0.25) is 4.79 Å². The molecule has 0 unspecified atom stereocenters. The van der Waals surface area contributed by atoms with Crippen molar-refractivity contribution in [1.82, 2.24) is 15.0 Å². The van der Waals surface area contributed by atoms with E-state index >= 15 is 0 Å². The summed E-state index contributed by atoms with van der Waals surface area (Å²) in [7, 11) is -3.62. The molecule has 0 radical (unpaired) electrons. The quantitative estimate of drug-likeness (QED) is 0.515. The van der Waals surface area contributed by atoms with E-state index in [1.807, 2.05) is 33.8 Å². The van der Waals surface area contributed by atoms with Crippen molar-refractivity contribution >= 4 is 27.3 Å². The molecule has 4 rings (SSSR count). The van der Waals surface area contributed by atoms with Gasteiger partial charge < -0.3 is 5.32 Å². The van der Waals surface area contributed by atoms with Gasteiger partial charge in [0.15, 0.2) is 5.01 Å². The largest absolute Gasteiger partial charge is 0.347 e. The molecule has 34 heavy (non-hydrogen) atoms. The first-order valence-electron chi connectivity index (χ1n) is 12.5. The molecule has 1 aromatic carbocycles. The van der Waals surface area contributed by atoms with E-state index < -0.39 is 15.6 Å². The summed E-state index contributed by atoms with van der Waals surface area (Å²) in [4.78, 5) is 19.0. The van der Waals surface area contributed by atoms with Crippen LogP contribution in [0.15, 0.2) is 23.1 Å². The molecule has 2 fully saturated rings. The van der Waals surface area contributed by atoms with Crippen LogP contribution in [-0.4, -0.2) is 30.9 Å². The maximum absolute atomic E-state index is 12.9. The summed E-state index contributed by atoms with van der Waals surface area (Å²) in [6.07, 6.45) is 10.3. The minimum absolute atomic E-state index is 0.0860. The van der Waals surface area contributed by atoms with Gasteiger partial charge in [-0.2, -0.15) is 0 Å². The number of hydrogen-bond acceptors (Lipinski definition) is 5. The average molecular weight is 504 g/mol. The van der Waals surface area contributed by atoms with Gasteiger partial charge in [0.1, 0.15) is 0 Å². The van der Waals surface area contributed by atoms with Crippen LogP contribution in [-0.2, 0) is 16.4 Å². The van der Waals surface area contributed by atoms with Crippen LogP contribution in [0.4, 0.5) is 0 Å². The number of benzene rings is 1. The Balaban J connectivity index is 1.66. The third-order valence-electron chi connectivity index (χ3n) is 6.73. The Morgan fingerprint density at radius 3 is 2.38 bits per heavy atom. The molecule has 2 aliphatic carbocycles. The highest BCUT2D eigenvalue weighted by molar-refractivity contribution is 7.89. The molecule has 1 aromatic heterocycles. The lowest BCUT2D eigenvalue weighted by Crippen LogP contribution is -2.40. The summed E-state index contributed by atoms with van der Waals surface area (Å²) in [5.41, 5.74) is 2.25. The molecule has 0 aliphatic heterocycles. The predicted octanol–water partition coefficient (Wildman–Crippen LogP) is 5.60. The number of rotatable bonds is 7. The standard InChI is InChI=1S/C26H37N3O3S2/c1-17-15-20(34(31,32)29-26(2,3)4)13-14-21(17)23-22(16-18-9-6-5-7-10-18)28-25(33-23)24(30)27-19-11-8-12-19/h13-15,18-19,29H,5-12,16H2,1-4H3,(H,27,30). The number of thiazole rings is 1. The van der Waals surface area contributed by atoms with Crippen molar-refractivity contribution in [1.29, 1.82) is 0 Å². The van der Waals surface area contributed by atoms with E-state index in [2.05, 4.69) is 10.0 Å². The maximum Gasteiger partial charge on any atom is 0.280 e. The SMILES string of the molecule is Cc1cc(S(=O)(=O)NC(C)(C)C)ccc1-c1sc(C(=O)NC2CCC2)nc1CC1CCCCC1. The van der Waals surface area contributed by atoms with Gasteiger partial charge in [-0.1, -0.05) is 38.2 Å². The Morgan fingerprint density at radius 2 is 1.79 bits per heavy atom. The van der Waals surface area contributed by atoms with Crippen LogP contribution >= 0.6 is 11.3 Å². The number of nitrogens with zero attached hydrogens (tertiary/aromatic N) is 1. The van der Waals surface area contributed by atoms with Crippen molar-refractivity contribution in [2.75, 3.05) is 0 Å². The summed E-state index contributed by atoms with van der Waals surface area (Å²) in [5.74, 6) is 0.505. The van der Waals surface area contributed by atoms with E-state index in [9.17, 15) is 13.2 Å². The number of carbonyl (C=O) groups excluding carboxylic acids is 1. The van der Waals surface area contributed by atoms with E-state index in [0.29, 0.717) is 10.9 Å². The monoisotopic (exact) mass is 503 g/mol. The molecule has 0 atom stereocenters. The van der Waals surface area contributed by atoms with Crippen LogP contribution in [0.2, 0.25) is 0 Å². The van der Waals surface area contributed by atoms with Crippen molar-refractivity contribution in [3.8, 4) is 10.4 Å². The second kappa shape index (κ2) is 10.1. The summed E-state index contributed by atoms with van der Waals surface area (Å²) in [5, 5.41) is 3.63. The van der Waals surface area contributed by atoms with Crippen LogP contribution in [0.1, 0.15) is 93.2 Å². The zero-order valence-corrected chi connectivity index (χ0v) is 22.4. The molecular formula is C26H37N3O3S2. The molecule has 0 saturated heterocycles. The van der Waals surface area contributed by atoms with Crippen LogP contribution in [0, 0.1) is 12.8 Å². The van der Waals surface area contributed by atoms with E-state index in [1.165, 1.54) is 49.9 Å². The zero-order chi connectivity index (χ0) is 24.5. The number of hydrogen-bond donors (Lipinski definition) is 2. The summed E-state index contributed by atoms with van der Waals surface area (Å²) in [6.45, 7) is 7.42. The minimum atomic E-state index is -3.62. The molecule has 1 heterocycles. The molecule has 6 nitrogen and oxygen atoms in total. The van der Waals surface area contributed by atoms with Gasteiger partial charge >= 0.3 is 0 Å². The molecule has 0 bridgehead atoms. The predicted molar refractivity (Wildman–Crippen MR) is 138 cm³/mol. The topological polar surface area (TPSA) is 88.2 Å². The van der Waals surface area contributed by atoms with Gasteiger partial charge in [-0.25, -0.2) is 18.1 Å². The van der Waals surface area contributed by atoms with E-state index in [0.717, 1.165) is 41.0 Å². The Morgan fingerprint density at radius 1 is 1.09 bits per heavy atom. The third kappa shape index (κ3) is 6.07. The molecule has 186 valence electrons. The van der Waals surface area contributed by atoms with Gasteiger partial charge in [-0.05, 0) is 82.6 Å². The molecule has 1 amide bonds. The highest BCUT2D eigenvalue weighted by Crippen LogP contribution is 2.37. The number of amides is 1. The fraction of sp³-hybridized carbons (Fsp3) is 0.615. The first kappa shape index (κ1) is 25.3. The first-order chi connectivity index (χ1) is 16.0. The van der Waals surface area contributed by atoms with Crippen LogP contribution in [0.5, 0.6) is 0 Å². The van der Waals surface area contributed by atoms with E-state index in [4.69, 9.17) is 4.98 Å². The summed E-state index contributed by atoms with van der Waals surface area (Å²) < 4.78 is 28.4. The molecular weight excluding hydrogens is 466 g/mol. The number of carbonyl (C=O) groups is 1. The number of aromatic nitrogens is 1. The van der Waals surface area contributed by atoms with Crippen molar-refractivity contribution in [2.24, 2.45) is 5.92 Å². The smallest absolute Gasteiger partial charge is 0.280 e. The fourth-order valence-corrected chi connectivity index (χ4v) is 7.37. The molecule has 2 aliphatic rings. The highest BCUT2D eigenvalue weighted by atomic mass is 32.2. The summed E-state index contributed by atoms with van der Waals surface area (Å²) >= 11 is 1.44. The van der Waals surface area contributed by atoms with E-state index in [1.54, 1.807) is 12.1 Å². The molecule has 8 heteroatoms. The lowest BCUT2D eigenvalue weighted by atomic mass is 9.85. The second-order valence-electron chi connectivity index (χ2n) is 10.9. The normalized spacial score (nSPS) is 18.0. The Labute approximate surface area is 208 Å². The molecule has 2 saturated carbocycles. The van der Waals surface area contributed by atoms with Gasteiger partial charge in [0.05, 0.1) is 15.5 Å². The molecule has 2 N–H and O–H groups in total. The van der Waals surface area contributed by atoms with Gasteiger partial charge in [-0.15, -0.1) is 11.3 Å². The van der Waals surface area contributed by atoms with Crippen molar-refractivity contribution in [3.63, 3.8) is 0 Å². The third-order valence-corrected chi connectivity index (χ3v) is 9.62. The number of nitrogens with one attached hydrogen (secondary N) is 2. The molecule has 0 spiro atoms. The van der Waals surface area contributed by atoms with Crippen molar-refractivity contribution in [3.05, 3.63) is 34.5 Å². The lowest BCUT2D eigenvalue weighted by Gasteiger charge is -2.25. The zero-order valence-electron chi connectivity index (χ0n) is 20.7. The molecule has 2 aromatic rings. The summed E-state index contributed by atoms with van der Waals surface area (Å²) in [6, 6.07) is 5.53. The lowest BCUT2D eigenvalue weighted by molar-refractivity contribution is 0.0916. The van der Waals surface area contributed by atoms with Crippen molar-refractivity contribution < 1.29 is 13.2 Å². The van der Waals surface area contributed by atoms with Crippen LogP contribution in [0.25, 0.3) is 10.4 Å². The minimum Gasteiger partial charge on any atom is -0.347 e. The van der Waals surface area contributed by atoms with Crippen LogP contribution in [0.3, 0.4) is 0 Å². The van der Waals surface area contributed by atoms with Gasteiger partial charge in [0.25, 0.3) is 5.91 Å². The van der Waals surface area contributed by atoms with Gasteiger partial charge in [0, 0.05) is 11.6 Å². The first-order valence-corrected chi connectivity index (χ1v) is 14.8. The van der Waals surface area contributed by atoms with E-state index in [-0.39, 0.29) is 16.8 Å². The second-order valence-corrected chi connectivity index (χ2v) is 13.6. The average Bonchev–Trinajstić information content (AvgIpc) is 3.13. The Kier molecular flexibility index (Phi) is 7.50. The maximum atomic E-state index is 12.9. The Hall–Kier alpha value is -1.77. The Bertz CT molecular complexity index is 1140. The highest BCUT2D eigenvalue weighted by Gasteiger charge is 2.27. The van der Waals surface area contributed by atoms with Crippen molar-refractivity contribution in [2.45, 2.75) is 102 Å². The van der Waals surface area contributed by atoms with Gasteiger partial charge in [0.2, 0.25) is 10.0 Å². The van der Waals surface area contributed by atoms with Crippen LogP contribution < -0.4 is 10.0 Å². The fourth-order valence-electron chi connectivity index (χ4n) is 4.78. The number of aryl methyl sites for hydroxylation is 1. The number of sulfonamides is 1.